The topological polar surface area (TPSA) is 37.4 Å². The summed E-state index contributed by atoms with van der Waals surface area (Å²) < 4.78 is 26.9. The summed E-state index contributed by atoms with van der Waals surface area (Å²) >= 11 is 0. The Morgan fingerprint density at radius 3 is 2.58 bits per heavy atom. The molecule has 3 rings (SSSR count). The normalized spacial score (nSPS) is 27.2. The van der Waals surface area contributed by atoms with Crippen LogP contribution in [0.1, 0.15) is 6.42 Å². The largest absolute Gasteiger partial charge is 0.243 e. The summed E-state index contributed by atoms with van der Waals surface area (Å²) in [4.78, 5) is 0.388. The molecule has 100 valence electrons. The minimum absolute atomic E-state index is 0.200. The SMILES string of the molecule is O=S(=O)(c1ccccc1)N1C[C@H]2C=CC[C@@H](C=C2)C1. The van der Waals surface area contributed by atoms with Crippen molar-refractivity contribution in [3.05, 3.63) is 54.6 Å². The van der Waals surface area contributed by atoms with Gasteiger partial charge in [0.05, 0.1) is 4.90 Å². The maximum Gasteiger partial charge on any atom is 0.243 e. The molecule has 0 aromatic heterocycles. The molecule has 19 heavy (non-hydrogen) atoms. The van der Waals surface area contributed by atoms with Crippen LogP contribution in [0.15, 0.2) is 59.5 Å². The number of hydrogen-bond donors (Lipinski definition) is 0. The number of allylic oxidation sites excluding steroid dienone is 1. The van der Waals surface area contributed by atoms with Crippen LogP contribution in [0.5, 0.6) is 0 Å². The van der Waals surface area contributed by atoms with E-state index >= 15 is 0 Å². The molecule has 1 heterocycles. The summed E-state index contributed by atoms with van der Waals surface area (Å²) in [6.07, 6.45) is 9.50. The van der Waals surface area contributed by atoms with Gasteiger partial charge >= 0.3 is 0 Å². The number of benzene rings is 1. The van der Waals surface area contributed by atoms with Gasteiger partial charge in [0.2, 0.25) is 10.0 Å². The monoisotopic (exact) mass is 275 g/mol. The van der Waals surface area contributed by atoms with Gasteiger partial charge in [-0.15, -0.1) is 0 Å². The highest BCUT2D eigenvalue weighted by molar-refractivity contribution is 7.89. The quantitative estimate of drug-likeness (QED) is 0.777. The Kier molecular flexibility index (Phi) is 3.29. The van der Waals surface area contributed by atoms with Crippen molar-refractivity contribution in [2.45, 2.75) is 11.3 Å². The van der Waals surface area contributed by atoms with Gasteiger partial charge in [0.15, 0.2) is 0 Å². The highest BCUT2D eigenvalue weighted by Crippen LogP contribution is 2.26. The predicted molar refractivity (Wildman–Crippen MR) is 75.1 cm³/mol. The van der Waals surface area contributed by atoms with E-state index in [9.17, 15) is 8.42 Å². The van der Waals surface area contributed by atoms with E-state index in [-0.39, 0.29) is 5.92 Å². The minimum Gasteiger partial charge on any atom is -0.207 e. The third-order valence-corrected chi connectivity index (χ3v) is 5.53. The molecule has 3 nitrogen and oxygen atoms in total. The highest BCUT2D eigenvalue weighted by Gasteiger charge is 2.30. The van der Waals surface area contributed by atoms with E-state index < -0.39 is 10.0 Å². The molecule has 1 aromatic rings. The molecule has 1 aromatic carbocycles. The van der Waals surface area contributed by atoms with Gasteiger partial charge in [-0.1, -0.05) is 42.5 Å². The van der Waals surface area contributed by atoms with Crippen LogP contribution < -0.4 is 0 Å². The standard InChI is InChI=1S/C15H17NO2S/c17-19(18,15-7-2-1-3-8-15)16-11-13-5-4-6-14(12-16)10-9-13/h1-5,7-10,13-14H,6,11-12H2/t13-,14-/m0/s1. The van der Waals surface area contributed by atoms with Gasteiger partial charge in [-0.3, -0.25) is 0 Å². The number of hydrogen-bond acceptors (Lipinski definition) is 2. The second kappa shape index (κ2) is 4.94. The van der Waals surface area contributed by atoms with Gasteiger partial charge in [0.25, 0.3) is 0 Å². The highest BCUT2D eigenvalue weighted by atomic mass is 32.2. The average Bonchev–Trinajstić information content (AvgIpc) is 2.73. The van der Waals surface area contributed by atoms with Crippen molar-refractivity contribution in [1.29, 1.82) is 0 Å². The smallest absolute Gasteiger partial charge is 0.207 e. The van der Waals surface area contributed by atoms with E-state index in [1.807, 2.05) is 6.07 Å². The fraction of sp³-hybridized carbons (Fsp3) is 0.333. The molecule has 0 saturated heterocycles. The second-order valence-corrected chi connectivity index (χ2v) is 7.05. The van der Waals surface area contributed by atoms with Crippen molar-refractivity contribution >= 4 is 10.0 Å². The Morgan fingerprint density at radius 1 is 1.00 bits per heavy atom. The lowest BCUT2D eigenvalue weighted by molar-refractivity contribution is 0.364. The van der Waals surface area contributed by atoms with Gasteiger partial charge < -0.3 is 0 Å². The summed E-state index contributed by atoms with van der Waals surface area (Å²) in [7, 11) is -3.37. The van der Waals surface area contributed by atoms with Crippen LogP contribution in [-0.2, 0) is 10.0 Å². The maximum absolute atomic E-state index is 12.6. The Labute approximate surface area is 114 Å². The van der Waals surface area contributed by atoms with Crippen LogP contribution in [0.25, 0.3) is 0 Å². The zero-order valence-electron chi connectivity index (χ0n) is 10.6. The molecule has 1 aliphatic heterocycles. The minimum atomic E-state index is -3.37. The average molecular weight is 275 g/mol. The molecule has 4 heteroatoms. The van der Waals surface area contributed by atoms with E-state index in [0.717, 1.165) is 6.42 Å². The van der Waals surface area contributed by atoms with E-state index in [2.05, 4.69) is 24.3 Å². The summed E-state index contributed by atoms with van der Waals surface area (Å²) in [6.45, 7) is 1.12. The molecule has 0 N–H and O–H groups in total. The Bertz CT molecular complexity index is 604. The molecule has 0 radical (unpaired) electrons. The Morgan fingerprint density at radius 2 is 1.79 bits per heavy atom. The first-order valence-electron chi connectivity index (χ1n) is 6.56. The molecule has 0 saturated carbocycles. The van der Waals surface area contributed by atoms with E-state index in [1.165, 1.54) is 0 Å². The first-order chi connectivity index (χ1) is 9.16. The lowest BCUT2D eigenvalue weighted by Crippen LogP contribution is -2.37. The molecule has 2 atom stereocenters. The number of sulfonamides is 1. The van der Waals surface area contributed by atoms with Crippen molar-refractivity contribution in [3.63, 3.8) is 0 Å². The first kappa shape index (κ1) is 12.6. The van der Waals surface area contributed by atoms with Crippen molar-refractivity contribution in [3.8, 4) is 0 Å². The molecule has 2 aliphatic rings. The van der Waals surface area contributed by atoms with Gasteiger partial charge in [0.1, 0.15) is 0 Å². The van der Waals surface area contributed by atoms with Crippen LogP contribution in [-0.4, -0.2) is 25.8 Å². The van der Waals surface area contributed by atoms with Crippen LogP contribution in [0.2, 0.25) is 0 Å². The van der Waals surface area contributed by atoms with Crippen molar-refractivity contribution < 1.29 is 8.42 Å². The Balaban J connectivity index is 1.93. The summed E-state index contributed by atoms with van der Waals surface area (Å²) in [5.41, 5.74) is 0. The van der Waals surface area contributed by atoms with E-state index in [0.29, 0.717) is 23.9 Å². The van der Waals surface area contributed by atoms with Gasteiger partial charge in [-0.05, 0) is 24.5 Å². The van der Waals surface area contributed by atoms with Crippen molar-refractivity contribution in [2.24, 2.45) is 11.8 Å². The summed E-state index contributed by atoms with van der Waals surface area (Å²) in [5.74, 6) is 0.494. The lowest BCUT2D eigenvalue weighted by atomic mass is 10.1. The molecule has 0 fully saturated rings. The zero-order chi connectivity index (χ0) is 13.3. The molecule has 0 spiro atoms. The fourth-order valence-corrected chi connectivity index (χ4v) is 4.19. The van der Waals surface area contributed by atoms with Crippen LogP contribution in [0.3, 0.4) is 0 Å². The number of nitrogens with zero attached hydrogens (tertiary/aromatic N) is 1. The Hall–Kier alpha value is -1.39. The summed E-state index contributed by atoms with van der Waals surface area (Å²) in [6, 6.07) is 8.70. The number of fused-ring (bicyclic) bond motifs is 2. The third kappa shape index (κ3) is 2.51. The fourth-order valence-electron chi connectivity index (χ4n) is 2.64. The van der Waals surface area contributed by atoms with Gasteiger partial charge in [-0.2, -0.15) is 4.31 Å². The lowest BCUT2D eigenvalue weighted by Gasteiger charge is -2.26. The molecule has 0 unspecified atom stereocenters. The first-order valence-corrected chi connectivity index (χ1v) is 8.00. The maximum atomic E-state index is 12.6. The van der Waals surface area contributed by atoms with Gasteiger partial charge in [-0.25, -0.2) is 8.42 Å². The molecular weight excluding hydrogens is 258 g/mol. The molecular formula is C15H17NO2S. The van der Waals surface area contributed by atoms with Crippen LogP contribution in [0.4, 0.5) is 0 Å². The second-order valence-electron chi connectivity index (χ2n) is 5.11. The third-order valence-electron chi connectivity index (χ3n) is 3.69. The number of rotatable bonds is 2. The van der Waals surface area contributed by atoms with Crippen molar-refractivity contribution in [1.82, 2.24) is 4.31 Å². The molecule has 0 amide bonds. The predicted octanol–water partition coefficient (Wildman–Crippen LogP) is 2.44. The van der Waals surface area contributed by atoms with Gasteiger partial charge in [0, 0.05) is 19.0 Å². The molecule has 2 bridgehead atoms. The summed E-state index contributed by atoms with van der Waals surface area (Å²) in [5, 5.41) is 0. The zero-order valence-corrected chi connectivity index (χ0v) is 11.5. The van der Waals surface area contributed by atoms with Crippen molar-refractivity contribution in [2.75, 3.05) is 13.1 Å². The molecule has 1 aliphatic carbocycles. The van der Waals surface area contributed by atoms with E-state index in [1.54, 1.807) is 28.6 Å². The van der Waals surface area contributed by atoms with Crippen LogP contribution >= 0.6 is 0 Å². The van der Waals surface area contributed by atoms with Crippen LogP contribution in [0, 0.1) is 11.8 Å². The van der Waals surface area contributed by atoms with E-state index in [4.69, 9.17) is 0 Å².